The van der Waals surface area contributed by atoms with Crippen LogP contribution < -0.4 is 20.1 Å². The Kier molecular flexibility index (Phi) is 10.5. The summed E-state index contributed by atoms with van der Waals surface area (Å²) < 4.78 is 45.0. The van der Waals surface area contributed by atoms with Crippen molar-refractivity contribution in [2.24, 2.45) is 10.9 Å². The Hall–Kier alpha value is -1.14. The van der Waals surface area contributed by atoms with Crippen molar-refractivity contribution in [2.75, 3.05) is 32.5 Å². The molecule has 1 aromatic carbocycles. The Bertz CT molecular complexity index is 757. The minimum Gasteiger partial charge on any atom is -0.490 e. The normalized spacial score (nSPS) is 15.5. The molecule has 10 heteroatoms. The van der Waals surface area contributed by atoms with Crippen LogP contribution in [0.2, 0.25) is 0 Å². The van der Waals surface area contributed by atoms with Crippen LogP contribution in [0.5, 0.6) is 5.75 Å². The van der Waals surface area contributed by atoms with Gasteiger partial charge in [0.2, 0.25) is 10.0 Å². The summed E-state index contributed by atoms with van der Waals surface area (Å²) in [5.74, 6) is 1.03. The number of nitrogens with one attached hydrogen (secondary N) is 3. The maximum Gasteiger partial charge on any atom is 0.211 e. The maximum atomic E-state index is 14.2. The van der Waals surface area contributed by atoms with Crippen molar-refractivity contribution in [1.82, 2.24) is 15.4 Å². The lowest BCUT2D eigenvalue weighted by molar-refractivity contribution is 0.285. The number of benzene rings is 1. The molecule has 0 aromatic heterocycles. The summed E-state index contributed by atoms with van der Waals surface area (Å²) in [6.07, 6.45) is 2.32. The standard InChI is InChI=1S/C18H29FN4O3S.HI/c1-4-27(24,25)22-10-9-21-18(20-3)23-13(2)15-7-8-17(16(19)11-15)26-12-14-5-6-14;/h7-8,11,13-14,22H,4-6,9-10,12H2,1-3H3,(H2,20,21,23);1H. The molecule has 28 heavy (non-hydrogen) atoms. The summed E-state index contributed by atoms with van der Waals surface area (Å²) in [4.78, 5) is 4.10. The van der Waals surface area contributed by atoms with Crippen molar-refractivity contribution in [3.63, 3.8) is 0 Å². The van der Waals surface area contributed by atoms with E-state index in [9.17, 15) is 12.8 Å². The first kappa shape index (κ1) is 24.9. The summed E-state index contributed by atoms with van der Waals surface area (Å²) in [5, 5.41) is 6.18. The minimum atomic E-state index is -3.21. The van der Waals surface area contributed by atoms with E-state index in [1.165, 1.54) is 6.07 Å². The third kappa shape index (κ3) is 8.48. The fourth-order valence-electron chi connectivity index (χ4n) is 2.37. The van der Waals surface area contributed by atoms with Crippen LogP contribution in [0.15, 0.2) is 23.2 Å². The third-order valence-corrected chi connectivity index (χ3v) is 5.73. The van der Waals surface area contributed by atoms with E-state index in [1.54, 1.807) is 20.0 Å². The number of nitrogens with zero attached hydrogens (tertiary/aromatic N) is 1. The van der Waals surface area contributed by atoms with Crippen molar-refractivity contribution in [3.8, 4) is 5.75 Å². The largest absolute Gasteiger partial charge is 0.490 e. The Morgan fingerprint density at radius 3 is 2.64 bits per heavy atom. The van der Waals surface area contributed by atoms with Gasteiger partial charge in [-0.25, -0.2) is 17.5 Å². The second-order valence-electron chi connectivity index (χ2n) is 6.61. The van der Waals surface area contributed by atoms with E-state index in [0.717, 1.165) is 18.4 Å². The van der Waals surface area contributed by atoms with E-state index in [4.69, 9.17) is 4.74 Å². The first-order valence-corrected chi connectivity index (χ1v) is 10.9. The summed E-state index contributed by atoms with van der Waals surface area (Å²) in [7, 11) is -1.59. The zero-order chi connectivity index (χ0) is 19.9. The molecule has 7 nitrogen and oxygen atoms in total. The van der Waals surface area contributed by atoms with Crippen LogP contribution in [0.1, 0.15) is 38.3 Å². The second kappa shape index (κ2) is 11.8. The van der Waals surface area contributed by atoms with Gasteiger partial charge in [-0.15, -0.1) is 24.0 Å². The van der Waals surface area contributed by atoms with Gasteiger partial charge in [-0.1, -0.05) is 6.07 Å². The molecular weight excluding hydrogens is 498 g/mol. The minimum absolute atomic E-state index is 0. The van der Waals surface area contributed by atoms with Crippen LogP contribution >= 0.6 is 24.0 Å². The molecule has 160 valence electrons. The highest BCUT2D eigenvalue weighted by Crippen LogP contribution is 2.30. The summed E-state index contributed by atoms with van der Waals surface area (Å²) in [6, 6.07) is 4.75. The van der Waals surface area contributed by atoms with E-state index in [1.807, 2.05) is 13.0 Å². The second-order valence-corrected chi connectivity index (χ2v) is 8.70. The number of aliphatic imine (C=N–C) groups is 1. The predicted octanol–water partition coefficient (Wildman–Crippen LogP) is 2.40. The molecule has 1 aromatic rings. The monoisotopic (exact) mass is 528 g/mol. The molecule has 0 amide bonds. The number of rotatable bonds is 10. The molecule has 0 radical (unpaired) electrons. The van der Waals surface area contributed by atoms with Crippen molar-refractivity contribution >= 4 is 40.0 Å². The molecule has 1 saturated carbocycles. The van der Waals surface area contributed by atoms with Crippen molar-refractivity contribution in [2.45, 2.75) is 32.7 Å². The molecule has 1 aliphatic rings. The maximum absolute atomic E-state index is 14.2. The molecule has 1 unspecified atom stereocenters. The highest BCUT2D eigenvalue weighted by Gasteiger charge is 2.22. The number of halogens is 2. The van der Waals surface area contributed by atoms with E-state index < -0.39 is 10.0 Å². The number of hydrogen-bond donors (Lipinski definition) is 3. The van der Waals surface area contributed by atoms with Gasteiger partial charge >= 0.3 is 0 Å². The molecule has 0 heterocycles. The molecular formula is C18H30FIN4O3S. The molecule has 2 rings (SSSR count). The van der Waals surface area contributed by atoms with Gasteiger partial charge in [0.15, 0.2) is 17.5 Å². The Morgan fingerprint density at radius 2 is 2.07 bits per heavy atom. The average Bonchev–Trinajstić information content (AvgIpc) is 3.47. The number of sulfonamides is 1. The molecule has 0 aliphatic heterocycles. The van der Waals surface area contributed by atoms with E-state index in [0.29, 0.717) is 25.0 Å². The molecule has 1 aliphatic carbocycles. The van der Waals surface area contributed by atoms with Gasteiger partial charge in [0, 0.05) is 20.1 Å². The van der Waals surface area contributed by atoms with Crippen LogP contribution in [0.3, 0.4) is 0 Å². The van der Waals surface area contributed by atoms with Gasteiger partial charge in [0.25, 0.3) is 0 Å². The number of hydrogen-bond acceptors (Lipinski definition) is 4. The smallest absolute Gasteiger partial charge is 0.211 e. The zero-order valence-electron chi connectivity index (χ0n) is 16.5. The number of ether oxygens (including phenoxy) is 1. The average molecular weight is 528 g/mol. The van der Waals surface area contributed by atoms with Gasteiger partial charge in [-0.05, 0) is 50.3 Å². The van der Waals surface area contributed by atoms with Crippen LogP contribution in [0.4, 0.5) is 4.39 Å². The molecule has 1 atom stereocenters. The Morgan fingerprint density at radius 1 is 1.36 bits per heavy atom. The lowest BCUT2D eigenvalue weighted by atomic mass is 10.1. The Labute approximate surface area is 184 Å². The van der Waals surface area contributed by atoms with Gasteiger partial charge in [0.1, 0.15) is 0 Å². The van der Waals surface area contributed by atoms with E-state index in [-0.39, 0.29) is 53.9 Å². The fourth-order valence-corrected chi connectivity index (χ4v) is 2.99. The third-order valence-electron chi connectivity index (χ3n) is 4.32. The zero-order valence-corrected chi connectivity index (χ0v) is 19.6. The summed E-state index contributed by atoms with van der Waals surface area (Å²) >= 11 is 0. The van der Waals surface area contributed by atoms with Crippen LogP contribution in [0.25, 0.3) is 0 Å². The molecule has 3 N–H and O–H groups in total. The van der Waals surface area contributed by atoms with Crippen LogP contribution in [-0.4, -0.2) is 46.9 Å². The molecule has 0 spiro atoms. The van der Waals surface area contributed by atoms with E-state index >= 15 is 0 Å². The topological polar surface area (TPSA) is 91.8 Å². The van der Waals surface area contributed by atoms with Crippen molar-refractivity contribution in [3.05, 3.63) is 29.6 Å². The first-order chi connectivity index (χ1) is 12.8. The van der Waals surface area contributed by atoms with Gasteiger partial charge in [-0.3, -0.25) is 4.99 Å². The first-order valence-electron chi connectivity index (χ1n) is 9.21. The van der Waals surface area contributed by atoms with E-state index in [2.05, 4.69) is 20.3 Å². The highest BCUT2D eigenvalue weighted by atomic mass is 127. The van der Waals surface area contributed by atoms with Crippen molar-refractivity contribution in [1.29, 1.82) is 0 Å². The van der Waals surface area contributed by atoms with Gasteiger partial charge in [0.05, 0.1) is 18.4 Å². The summed E-state index contributed by atoms with van der Waals surface area (Å²) in [6.45, 7) is 4.69. The fraction of sp³-hybridized carbons (Fsp3) is 0.611. The molecule has 0 bridgehead atoms. The number of guanidine groups is 1. The molecule has 0 saturated heterocycles. The lowest BCUT2D eigenvalue weighted by Gasteiger charge is -2.19. The van der Waals surface area contributed by atoms with Crippen LogP contribution in [-0.2, 0) is 10.0 Å². The van der Waals surface area contributed by atoms with Gasteiger partial charge in [-0.2, -0.15) is 0 Å². The van der Waals surface area contributed by atoms with Gasteiger partial charge < -0.3 is 15.4 Å². The SMILES string of the molecule is CCS(=O)(=O)NCCNC(=NC)NC(C)c1ccc(OCC2CC2)c(F)c1.I. The molecule has 1 fully saturated rings. The van der Waals surface area contributed by atoms with Crippen molar-refractivity contribution < 1.29 is 17.5 Å². The quantitative estimate of drug-likeness (QED) is 0.188. The lowest BCUT2D eigenvalue weighted by Crippen LogP contribution is -2.42. The Balaban J connectivity index is 0.00000392. The predicted molar refractivity (Wildman–Crippen MR) is 120 cm³/mol. The summed E-state index contributed by atoms with van der Waals surface area (Å²) in [5.41, 5.74) is 0.765. The van der Waals surface area contributed by atoms with Crippen LogP contribution in [0, 0.1) is 11.7 Å². The highest BCUT2D eigenvalue weighted by molar-refractivity contribution is 14.0.